The van der Waals surface area contributed by atoms with Crippen molar-refractivity contribution in [2.75, 3.05) is 0 Å². The highest BCUT2D eigenvalue weighted by molar-refractivity contribution is 6.03. The Balaban J connectivity index is 1.49. The minimum atomic E-state index is -4.23. The number of primary amides is 1. The summed E-state index contributed by atoms with van der Waals surface area (Å²) in [4.78, 5) is 31.6. The molecule has 5 rings (SSSR count). The van der Waals surface area contributed by atoms with Gasteiger partial charge >= 0.3 is 6.18 Å². The molecule has 3 saturated carbocycles. The van der Waals surface area contributed by atoms with Crippen LogP contribution < -0.4 is 11.2 Å². The van der Waals surface area contributed by atoms with E-state index in [1.165, 1.54) is 18.3 Å². The molecule has 0 radical (unpaired) electrons. The molecule has 4 unspecified atom stereocenters. The minimum Gasteiger partial charge on any atom is -0.364 e. The Kier molecular flexibility index (Phi) is 5.06. The van der Waals surface area contributed by atoms with Crippen LogP contribution in [0.5, 0.6) is 0 Å². The lowest BCUT2D eigenvalue weighted by Crippen LogP contribution is -2.34. The number of carbonyl (C=O) groups is 1. The summed E-state index contributed by atoms with van der Waals surface area (Å²) < 4.78 is 68.1. The Hall–Kier alpha value is -2.52. The van der Waals surface area contributed by atoms with Crippen molar-refractivity contribution >= 4 is 16.8 Å². The van der Waals surface area contributed by atoms with E-state index in [1.54, 1.807) is 0 Å². The maximum atomic E-state index is 14.3. The van der Waals surface area contributed by atoms with Crippen molar-refractivity contribution in [3.63, 3.8) is 0 Å². The first-order valence-corrected chi connectivity index (χ1v) is 11.2. The van der Waals surface area contributed by atoms with Gasteiger partial charge in [0, 0.05) is 35.7 Å². The van der Waals surface area contributed by atoms with Crippen LogP contribution in [-0.4, -0.2) is 28.0 Å². The molecule has 3 N–H and O–H groups in total. The second-order valence-corrected chi connectivity index (χ2v) is 9.82. The molecule has 33 heavy (non-hydrogen) atoms. The van der Waals surface area contributed by atoms with Crippen molar-refractivity contribution in [1.82, 2.24) is 9.97 Å². The van der Waals surface area contributed by atoms with Gasteiger partial charge in [-0.2, -0.15) is 13.2 Å². The fraction of sp³-hybridized carbons (Fsp3) is 0.609. The molecule has 2 aromatic rings. The van der Waals surface area contributed by atoms with Crippen LogP contribution in [0.25, 0.3) is 10.9 Å². The molecule has 0 aliphatic heterocycles. The van der Waals surface area contributed by atoms with Crippen LogP contribution in [0, 0.1) is 29.6 Å². The fourth-order valence-electron chi connectivity index (χ4n) is 6.37. The highest BCUT2D eigenvalue weighted by atomic mass is 19.4. The van der Waals surface area contributed by atoms with Crippen molar-refractivity contribution in [2.24, 2.45) is 35.3 Å². The number of alkyl halides is 5. The van der Waals surface area contributed by atoms with E-state index in [0.29, 0.717) is 24.1 Å². The first-order chi connectivity index (χ1) is 15.5. The second-order valence-electron chi connectivity index (χ2n) is 9.82. The third-order valence-corrected chi connectivity index (χ3v) is 8.15. The average molecular weight is 469 g/mol. The van der Waals surface area contributed by atoms with Gasteiger partial charge in [-0.1, -0.05) is 0 Å². The van der Waals surface area contributed by atoms with E-state index in [0.717, 1.165) is 0 Å². The van der Waals surface area contributed by atoms with Crippen molar-refractivity contribution in [3.8, 4) is 0 Å². The summed E-state index contributed by atoms with van der Waals surface area (Å²) in [6, 6.07) is 2.84. The summed E-state index contributed by atoms with van der Waals surface area (Å²) in [6.07, 6.45) is -1.80. The number of nitrogens with two attached hydrogens (primary N) is 1. The third-order valence-electron chi connectivity index (χ3n) is 8.15. The Bertz CT molecular complexity index is 1150. The van der Waals surface area contributed by atoms with Crippen LogP contribution in [0.2, 0.25) is 0 Å². The van der Waals surface area contributed by atoms with Crippen LogP contribution >= 0.6 is 0 Å². The van der Waals surface area contributed by atoms with E-state index in [1.807, 2.05) is 0 Å². The third kappa shape index (κ3) is 3.71. The lowest BCUT2D eigenvalue weighted by atomic mass is 9.65. The standard InChI is InChI=1S/C23H24F5N3O2/c24-22(25)14-7-12(10-1-3-11(4-2-10)23(26,27)28)13(8-15(14)22)17-9-18(32)19-16(31-17)5-6-30-20(19)21(29)33/h5-6,9-15H,1-4,7-8H2,(H2,29,33)(H,31,32). The number of aromatic amines is 1. The van der Waals surface area contributed by atoms with Gasteiger partial charge < -0.3 is 10.7 Å². The van der Waals surface area contributed by atoms with E-state index >= 15 is 0 Å². The number of hydrogen-bond donors (Lipinski definition) is 2. The lowest BCUT2D eigenvalue weighted by Gasteiger charge is -2.40. The Morgan fingerprint density at radius 1 is 1.12 bits per heavy atom. The number of nitrogens with one attached hydrogen (secondary N) is 1. The number of nitrogens with zero attached hydrogens (tertiary/aromatic N) is 1. The lowest BCUT2D eigenvalue weighted by molar-refractivity contribution is -0.185. The van der Waals surface area contributed by atoms with Crippen molar-refractivity contribution in [2.45, 2.75) is 56.5 Å². The SMILES string of the molecule is NC(=O)c1nccc2[nH]c(C3CC4C(CC3C3CCC(C(F)(F)F)CC3)C4(F)F)cc(=O)c12. The zero-order valence-electron chi connectivity index (χ0n) is 17.7. The molecular formula is C23H24F5N3O2. The number of hydrogen-bond acceptors (Lipinski definition) is 3. The molecule has 0 bridgehead atoms. The number of aromatic nitrogens is 2. The molecule has 1 amide bonds. The van der Waals surface area contributed by atoms with Crippen molar-refractivity contribution < 1.29 is 26.7 Å². The molecule has 3 fully saturated rings. The van der Waals surface area contributed by atoms with E-state index in [4.69, 9.17) is 5.73 Å². The first-order valence-electron chi connectivity index (χ1n) is 11.2. The quantitative estimate of drug-likeness (QED) is 0.635. The average Bonchev–Trinajstić information content (AvgIpc) is 3.31. The number of halogens is 5. The summed E-state index contributed by atoms with van der Waals surface area (Å²) in [5.74, 6) is -7.21. The smallest absolute Gasteiger partial charge is 0.364 e. The highest BCUT2D eigenvalue weighted by Crippen LogP contribution is 2.67. The predicted molar refractivity (Wildman–Crippen MR) is 110 cm³/mol. The van der Waals surface area contributed by atoms with Crippen LogP contribution in [-0.2, 0) is 0 Å². The molecule has 0 aromatic carbocycles. The van der Waals surface area contributed by atoms with Crippen molar-refractivity contribution in [1.29, 1.82) is 0 Å². The first kappa shape index (κ1) is 22.3. The Morgan fingerprint density at radius 3 is 2.42 bits per heavy atom. The van der Waals surface area contributed by atoms with Crippen LogP contribution in [0.15, 0.2) is 23.1 Å². The van der Waals surface area contributed by atoms with E-state index in [-0.39, 0.29) is 48.6 Å². The zero-order chi connectivity index (χ0) is 23.7. The second kappa shape index (κ2) is 7.50. The van der Waals surface area contributed by atoms with Gasteiger partial charge in [0.1, 0.15) is 5.69 Å². The molecule has 5 nitrogen and oxygen atoms in total. The summed E-state index contributed by atoms with van der Waals surface area (Å²) in [6.45, 7) is 0. The van der Waals surface area contributed by atoms with Crippen LogP contribution in [0.3, 0.4) is 0 Å². The molecule has 10 heteroatoms. The molecule has 3 aliphatic carbocycles. The van der Waals surface area contributed by atoms with E-state index < -0.39 is 47.1 Å². The number of fused-ring (bicyclic) bond motifs is 2. The monoisotopic (exact) mass is 469 g/mol. The largest absolute Gasteiger partial charge is 0.391 e. The maximum absolute atomic E-state index is 14.3. The van der Waals surface area contributed by atoms with Gasteiger partial charge in [0.25, 0.3) is 11.8 Å². The van der Waals surface area contributed by atoms with E-state index in [2.05, 4.69) is 9.97 Å². The van der Waals surface area contributed by atoms with Crippen molar-refractivity contribution in [3.05, 3.63) is 39.9 Å². The van der Waals surface area contributed by atoms with Crippen LogP contribution in [0.4, 0.5) is 22.0 Å². The van der Waals surface area contributed by atoms with E-state index in [9.17, 15) is 31.5 Å². The van der Waals surface area contributed by atoms with Crippen LogP contribution in [0.1, 0.15) is 60.6 Å². The molecule has 4 atom stereocenters. The molecule has 2 aromatic heterocycles. The summed E-state index contributed by atoms with van der Waals surface area (Å²) in [5, 5.41) is 0.0430. The van der Waals surface area contributed by atoms with Gasteiger partial charge in [0.05, 0.1) is 16.8 Å². The number of amides is 1. The minimum absolute atomic E-state index is 0.00373. The summed E-state index contributed by atoms with van der Waals surface area (Å²) in [7, 11) is 0. The Labute approximate surface area is 185 Å². The molecule has 2 heterocycles. The normalized spacial score (nSPS) is 33.5. The highest BCUT2D eigenvalue weighted by Gasteiger charge is 2.71. The van der Waals surface area contributed by atoms with Gasteiger partial charge in [-0.05, 0) is 56.4 Å². The number of pyridine rings is 2. The molecule has 3 aliphatic rings. The number of rotatable bonds is 3. The molecule has 0 spiro atoms. The maximum Gasteiger partial charge on any atom is 0.391 e. The summed E-state index contributed by atoms with van der Waals surface area (Å²) in [5.41, 5.74) is 5.50. The number of carbonyl (C=O) groups excluding carboxylic acids is 1. The Morgan fingerprint density at radius 2 is 1.79 bits per heavy atom. The van der Waals surface area contributed by atoms with Gasteiger partial charge in [-0.25, -0.2) is 8.78 Å². The summed E-state index contributed by atoms with van der Waals surface area (Å²) >= 11 is 0. The van der Waals surface area contributed by atoms with Gasteiger partial charge in [-0.15, -0.1) is 0 Å². The van der Waals surface area contributed by atoms with Gasteiger partial charge in [0.2, 0.25) is 0 Å². The van der Waals surface area contributed by atoms with Gasteiger partial charge in [0.15, 0.2) is 5.43 Å². The zero-order valence-corrected chi connectivity index (χ0v) is 17.7. The van der Waals surface area contributed by atoms with Gasteiger partial charge in [-0.3, -0.25) is 14.6 Å². The molecule has 0 saturated heterocycles. The fourth-order valence-corrected chi connectivity index (χ4v) is 6.37. The molecule has 178 valence electrons. The number of H-pyrrole nitrogens is 1. The predicted octanol–water partition coefficient (Wildman–Crippen LogP) is 4.77. The topological polar surface area (TPSA) is 88.8 Å². The molecular weight excluding hydrogens is 445 g/mol.